The van der Waals surface area contributed by atoms with Crippen molar-refractivity contribution in [3.63, 3.8) is 0 Å². The molecule has 1 saturated heterocycles. The van der Waals surface area contributed by atoms with E-state index in [1.54, 1.807) is 12.4 Å². The Morgan fingerprint density at radius 1 is 1.22 bits per heavy atom. The largest absolute Gasteiger partial charge is 0.341 e. The first-order chi connectivity index (χ1) is 11.3. The van der Waals surface area contributed by atoms with E-state index in [0.717, 1.165) is 18.4 Å². The van der Waals surface area contributed by atoms with Crippen molar-refractivity contribution in [1.82, 2.24) is 20.0 Å². The van der Waals surface area contributed by atoms with Crippen LogP contribution in [0.4, 0.5) is 0 Å². The molecule has 3 heterocycles. The molecule has 0 atom stereocenters. The van der Waals surface area contributed by atoms with E-state index in [4.69, 9.17) is 4.52 Å². The minimum atomic E-state index is 0.167. The molecule has 1 saturated carbocycles. The number of hydrogen-bond donors (Lipinski definition) is 0. The van der Waals surface area contributed by atoms with E-state index >= 15 is 0 Å². The van der Waals surface area contributed by atoms with Crippen LogP contribution in [0, 0.1) is 5.92 Å². The fourth-order valence-electron chi connectivity index (χ4n) is 3.44. The number of pyridine rings is 1. The van der Waals surface area contributed by atoms with E-state index in [9.17, 15) is 4.79 Å². The maximum absolute atomic E-state index is 12.4. The summed E-state index contributed by atoms with van der Waals surface area (Å²) in [7, 11) is 0. The van der Waals surface area contributed by atoms with Crippen LogP contribution in [0.5, 0.6) is 0 Å². The molecule has 0 unspecified atom stereocenters. The molecule has 0 radical (unpaired) electrons. The molecule has 2 aromatic heterocycles. The Labute approximate surface area is 134 Å². The number of carbonyl (C=O) groups excluding carboxylic acids is 1. The van der Waals surface area contributed by atoms with Crippen molar-refractivity contribution in [3.05, 3.63) is 30.4 Å². The van der Waals surface area contributed by atoms with E-state index in [1.165, 1.54) is 19.3 Å². The fraction of sp³-hybridized carbons (Fsp3) is 0.529. The van der Waals surface area contributed by atoms with E-state index in [-0.39, 0.29) is 11.8 Å². The van der Waals surface area contributed by atoms with Crippen LogP contribution in [0.3, 0.4) is 0 Å². The molecule has 0 N–H and O–H groups in total. The SMILES string of the molecule is O=C(C1CCCCC1)N1CC(c2nc(-c3cccnc3)no2)C1. The van der Waals surface area contributed by atoms with Crippen molar-refractivity contribution in [2.45, 2.75) is 38.0 Å². The van der Waals surface area contributed by atoms with Crippen LogP contribution >= 0.6 is 0 Å². The third kappa shape index (κ3) is 2.85. The predicted molar refractivity (Wildman–Crippen MR) is 83.4 cm³/mol. The summed E-state index contributed by atoms with van der Waals surface area (Å²) in [5, 5.41) is 4.02. The van der Waals surface area contributed by atoms with Gasteiger partial charge in [-0.15, -0.1) is 0 Å². The molecule has 1 amide bonds. The fourth-order valence-corrected chi connectivity index (χ4v) is 3.44. The molecule has 120 valence electrons. The van der Waals surface area contributed by atoms with Gasteiger partial charge in [0.2, 0.25) is 17.6 Å². The summed E-state index contributed by atoms with van der Waals surface area (Å²) in [5.74, 6) is 1.90. The highest BCUT2D eigenvalue weighted by Gasteiger charge is 2.38. The van der Waals surface area contributed by atoms with Gasteiger partial charge in [0, 0.05) is 37.0 Å². The summed E-state index contributed by atoms with van der Waals surface area (Å²) >= 11 is 0. The Hall–Kier alpha value is -2.24. The van der Waals surface area contributed by atoms with Gasteiger partial charge in [-0.2, -0.15) is 4.98 Å². The highest BCUT2D eigenvalue weighted by atomic mass is 16.5. The van der Waals surface area contributed by atoms with Gasteiger partial charge >= 0.3 is 0 Å². The molecule has 0 aromatic carbocycles. The topological polar surface area (TPSA) is 72.1 Å². The van der Waals surface area contributed by atoms with Gasteiger partial charge in [-0.1, -0.05) is 24.4 Å². The number of aromatic nitrogens is 3. The van der Waals surface area contributed by atoms with Gasteiger partial charge in [0.15, 0.2) is 0 Å². The molecule has 1 aliphatic heterocycles. The van der Waals surface area contributed by atoms with Crippen molar-refractivity contribution >= 4 is 5.91 Å². The molecule has 4 rings (SSSR count). The lowest BCUT2D eigenvalue weighted by atomic mass is 9.86. The summed E-state index contributed by atoms with van der Waals surface area (Å²) in [6, 6.07) is 3.75. The Morgan fingerprint density at radius 3 is 2.78 bits per heavy atom. The average Bonchev–Trinajstić information content (AvgIpc) is 3.05. The van der Waals surface area contributed by atoms with Gasteiger partial charge in [-0.25, -0.2) is 0 Å². The Morgan fingerprint density at radius 2 is 2.04 bits per heavy atom. The predicted octanol–water partition coefficient (Wildman–Crippen LogP) is 2.64. The third-order valence-corrected chi connectivity index (χ3v) is 4.86. The Balaban J connectivity index is 1.37. The maximum Gasteiger partial charge on any atom is 0.233 e. The number of rotatable bonds is 3. The minimum absolute atomic E-state index is 0.167. The van der Waals surface area contributed by atoms with Crippen molar-refractivity contribution in [3.8, 4) is 11.4 Å². The summed E-state index contributed by atoms with van der Waals surface area (Å²) in [5.41, 5.74) is 0.844. The molecule has 2 aromatic rings. The molecule has 23 heavy (non-hydrogen) atoms. The lowest BCUT2D eigenvalue weighted by Crippen LogP contribution is -2.51. The number of likely N-dealkylation sites (tertiary alicyclic amines) is 1. The molecular formula is C17H20N4O2. The number of amides is 1. The number of carbonyl (C=O) groups is 1. The van der Waals surface area contributed by atoms with Crippen molar-refractivity contribution in [2.75, 3.05) is 13.1 Å². The zero-order chi connectivity index (χ0) is 15.6. The summed E-state index contributed by atoms with van der Waals surface area (Å²) in [6.45, 7) is 1.40. The van der Waals surface area contributed by atoms with Gasteiger partial charge in [-0.3, -0.25) is 9.78 Å². The monoisotopic (exact) mass is 312 g/mol. The highest BCUT2D eigenvalue weighted by molar-refractivity contribution is 5.80. The van der Waals surface area contributed by atoms with Crippen LogP contribution in [-0.4, -0.2) is 39.0 Å². The van der Waals surface area contributed by atoms with Gasteiger partial charge < -0.3 is 9.42 Å². The first kappa shape index (κ1) is 14.4. The minimum Gasteiger partial charge on any atom is -0.341 e. The average molecular weight is 312 g/mol. The second-order valence-corrected chi connectivity index (χ2v) is 6.47. The van der Waals surface area contributed by atoms with Gasteiger partial charge in [0.05, 0.1) is 5.92 Å². The quantitative estimate of drug-likeness (QED) is 0.871. The van der Waals surface area contributed by atoms with E-state index in [2.05, 4.69) is 15.1 Å². The third-order valence-electron chi connectivity index (χ3n) is 4.86. The van der Waals surface area contributed by atoms with Gasteiger partial charge in [0.1, 0.15) is 0 Å². The van der Waals surface area contributed by atoms with E-state index in [0.29, 0.717) is 30.7 Å². The van der Waals surface area contributed by atoms with Crippen LogP contribution in [-0.2, 0) is 4.79 Å². The molecule has 2 aliphatic rings. The number of nitrogens with zero attached hydrogens (tertiary/aromatic N) is 4. The standard InChI is InChI=1S/C17H20N4O2/c22-17(12-5-2-1-3-6-12)21-10-14(11-21)16-19-15(20-23-16)13-7-4-8-18-9-13/h4,7-9,12,14H,1-3,5-6,10-11H2. The smallest absolute Gasteiger partial charge is 0.233 e. The zero-order valence-electron chi connectivity index (χ0n) is 13.0. The normalized spacial score (nSPS) is 19.6. The summed E-state index contributed by atoms with van der Waals surface area (Å²) in [4.78, 5) is 22.9. The molecule has 1 aliphatic carbocycles. The molecule has 0 bridgehead atoms. The molecule has 6 nitrogen and oxygen atoms in total. The zero-order valence-corrected chi connectivity index (χ0v) is 13.0. The highest BCUT2D eigenvalue weighted by Crippen LogP contribution is 2.32. The van der Waals surface area contributed by atoms with Crippen molar-refractivity contribution in [2.24, 2.45) is 5.92 Å². The molecule has 6 heteroatoms. The lowest BCUT2D eigenvalue weighted by molar-refractivity contribution is -0.141. The molecular weight excluding hydrogens is 292 g/mol. The molecule has 2 fully saturated rings. The van der Waals surface area contributed by atoms with Gasteiger partial charge in [0.25, 0.3) is 0 Å². The maximum atomic E-state index is 12.4. The second-order valence-electron chi connectivity index (χ2n) is 6.47. The van der Waals surface area contributed by atoms with Crippen LogP contribution in [0.15, 0.2) is 29.0 Å². The van der Waals surface area contributed by atoms with Crippen LogP contribution in [0.2, 0.25) is 0 Å². The van der Waals surface area contributed by atoms with Crippen LogP contribution in [0.1, 0.15) is 43.9 Å². The summed E-state index contributed by atoms with van der Waals surface area (Å²) in [6.07, 6.45) is 9.17. The number of hydrogen-bond acceptors (Lipinski definition) is 5. The lowest BCUT2D eigenvalue weighted by Gasteiger charge is -2.39. The van der Waals surface area contributed by atoms with E-state index < -0.39 is 0 Å². The van der Waals surface area contributed by atoms with E-state index in [1.807, 2.05) is 17.0 Å². The Bertz CT molecular complexity index is 673. The van der Waals surface area contributed by atoms with Gasteiger partial charge in [-0.05, 0) is 25.0 Å². The summed E-state index contributed by atoms with van der Waals surface area (Å²) < 4.78 is 5.37. The second kappa shape index (κ2) is 6.10. The van der Waals surface area contributed by atoms with Crippen molar-refractivity contribution in [1.29, 1.82) is 0 Å². The molecule has 0 spiro atoms. The van der Waals surface area contributed by atoms with Crippen LogP contribution in [0.25, 0.3) is 11.4 Å². The first-order valence-corrected chi connectivity index (χ1v) is 8.34. The Kier molecular flexibility index (Phi) is 3.81. The van der Waals surface area contributed by atoms with Crippen LogP contribution < -0.4 is 0 Å². The first-order valence-electron chi connectivity index (χ1n) is 8.34. The van der Waals surface area contributed by atoms with Crippen molar-refractivity contribution < 1.29 is 9.32 Å².